The second kappa shape index (κ2) is 6.71. The smallest absolute Gasteiger partial charge is 0.291 e. The average Bonchev–Trinajstić information content (AvgIpc) is 3.53. The van der Waals surface area contributed by atoms with E-state index in [4.69, 9.17) is 4.42 Å². The van der Waals surface area contributed by atoms with Crippen molar-refractivity contribution in [3.05, 3.63) is 36.1 Å². The minimum Gasteiger partial charge on any atom is -0.438 e. The van der Waals surface area contributed by atoms with Crippen molar-refractivity contribution in [2.75, 3.05) is 19.6 Å². The number of nitrogens with one attached hydrogen (secondary N) is 1. The van der Waals surface area contributed by atoms with Crippen LogP contribution in [0.2, 0.25) is 0 Å². The Balaban J connectivity index is 1.34. The zero-order valence-electron chi connectivity index (χ0n) is 16.9. The summed E-state index contributed by atoms with van der Waals surface area (Å²) in [5.74, 6) is 1.01. The van der Waals surface area contributed by atoms with Gasteiger partial charge < -0.3 is 19.2 Å². The summed E-state index contributed by atoms with van der Waals surface area (Å²) >= 11 is 0. The maximum absolute atomic E-state index is 13.2. The molecule has 3 fully saturated rings. The molecule has 1 aliphatic heterocycles. The molecule has 2 amide bonds. The molecule has 154 valence electrons. The number of imidazole rings is 1. The van der Waals surface area contributed by atoms with Crippen LogP contribution in [0.5, 0.6) is 0 Å². The summed E-state index contributed by atoms with van der Waals surface area (Å²) < 4.78 is 7.49. The summed E-state index contributed by atoms with van der Waals surface area (Å²) in [7, 11) is 1.97. The van der Waals surface area contributed by atoms with E-state index in [2.05, 4.69) is 15.3 Å². The Bertz CT molecular complexity index is 940. The van der Waals surface area contributed by atoms with Crippen molar-refractivity contribution in [1.29, 1.82) is 0 Å². The lowest BCUT2D eigenvalue weighted by molar-refractivity contribution is -0.125. The Morgan fingerprint density at radius 1 is 1.31 bits per heavy atom. The predicted octanol–water partition coefficient (Wildman–Crippen LogP) is 2.06. The van der Waals surface area contributed by atoms with Crippen molar-refractivity contribution in [3.8, 4) is 0 Å². The summed E-state index contributed by atoms with van der Waals surface area (Å²) in [4.78, 5) is 36.0. The normalized spacial score (nSPS) is 25.2. The molecule has 8 nitrogen and oxygen atoms in total. The molecule has 1 saturated heterocycles. The Hall–Kier alpha value is -2.64. The van der Waals surface area contributed by atoms with Gasteiger partial charge in [-0.1, -0.05) is 6.92 Å². The van der Waals surface area contributed by atoms with Gasteiger partial charge >= 0.3 is 0 Å². The van der Waals surface area contributed by atoms with E-state index in [9.17, 15) is 9.59 Å². The third kappa shape index (κ3) is 3.34. The monoisotopic (exact) mass is 397 g/mol. The van der Waals surface area contributed by atoms with Crippen LogP contribution < -0.4 is 5.32 Å². The fourth-order valence-electron chi connectivity index (χ4n) is 4.36. The molecule has 2 aromatic heterocycles. The molecule has 0 unspecified atom stereocenters. The number of carbonyl (C=O) groups is 2. The molecule has 1 N–H and O–H groups in total. The maximum Gasteiger partial charge on any atom is 0.291 e. The minimum absolute atomic E-state index is 0.0976. The van der Waals surface area contributed by atoms with Crippen molar-refractivity contribution >= 4 is 11.8 Å². The fourth-order valence-corrected chi connectivity index (χ4v) is 4.36. The lowest BCUT2D eigenvalue weighted by Crippen LogP contribution is -2.37. The van der Waals surface area contributed by atoms with Crippen LogP contribution in [0.15, 0.2) is 23.3 Å². The van der Waals surface area contributed by atoms with Gasteiger partial charge in [0.25, 0.3) is 5.91 Å². The highest BCUT2D eigenvalue weighted by atomic mass is 16.3. The lowest BCUT2D eigenvalue weighted by Gasteiger charge is -2.20. The quantitative estimate of drug-likeness (QED) is 0.805. The van der Waals surface area contributed by atoms with Gasteiger partial charge in [0.15, 0.2) is 6.39 Å². The number of hydrogen-bond acceptors (Lipinski definition) is 5. The van der Waals surface area contributed by atoms with Crippen LogP contribution in [0, 0.1) is 11.3 Å². The van der Waals surface area contributed by atoms with Crippen LogP contribution in [0.25, 0.3) is 0 Å². The summed E-state index contributed by atoms with van der Waals surface area (Å²) in [5, 5.41) is 3.13. The average molecular weight is 397 g/mol. The highest BCUT2D eigenvalue weighted by Gasteiger charge is 2.46. The van der Waals surface area contributed by atoms with Crippen LogP contribution >= 0.6 is 0 Å². The first-order valence-electron chi connectivity index (χ1n) is 10.4. The van der Waals surface area contributed by atoms with Gasteiger partial charge in [0.05, 0.1) is 12.0 Å². The summed E-state index contributed by atoms with van der Waals surface area (Å²) in [6.45, 7) is 3.73. The van der Waals surface area contributed by atoms with Gasteiger partial charge in [-0.3, -0.25) is 9.59 Å². The number of aryl methyl sites for hydroxylation is 1. The molecule has 0 spiro atoms. The van der Waals surface area contributed by atoms with E-state index in [1.165, 1.54) is 6.39 Å². The molecule has 3 aliphatic rings. The molecule has 2 atom stereocenters. The van der Waals surface area contributed by atoms with E-state index in [0.29, 0.717) is 31.3 Å². The molecule has 0 aromatic carbocycles. The standard InChI is InChI=1S/C21H27N5O3/c1-21(5-6-21)20(28)23-7-14-9-26(10-15(14)16-8-22-11-25(16)2)19(27)18-17(13-3-4-13)24-12-29-18/h8,11-15H,3-7,9-10H2,1-2H3,(H,23,28)/t14-,15-/m1/s1. The van der Waals surface area contributed by atoms with Gasteiger partial charge in [-0.25, -0.2) is 9.97 Å². The van der Waals surface area contributed by atoms with Gasteiger partial charge in [-0.15, -0.1) is 0 Å². The van der Waals surface area contributed by atoms with Gasteiger partial charge in [0, 0.05) is 61.7 Å². The van der Waals surface area contributed by atoms with Gasteiger partial charge in [-0.05, 0) is 25.7 Å². The molecule has 2 saturated carbocycles. The molecule has 8 heteroatoms. The Kier molecular flexibility index (Phi) is 4.26. The minimum atomic E-state index is -0.199. The first kappa shape index (κ1) is 18.4. The topological polar surface area (TPSA) is 93.3 Å². The largest absolute Gasteiger partial charge is 0.438 e. The van der Waals surface area contributed by atoms with E-state index in [1.807, 2.05) is 29.6 Å². The number of likely N-dealkylation sites (tertiary alicyclic amines) is 1. The van der Waals surface area contributed by atoms with Crippen LogP contribution in [0.1, 0.15) is 66.4 Å². The van der Waals surface area contributed by atoms with Crippen molar-refractivity contribution in [2.24, 2.45) is 18.4 Å². The van der Waals surface area contributed by atoms with E-state index >= 15 is 0 Å². The van der Waals surface area contributed by atoms with Crippen molar-refractivity contribution in [3.63, 3.8) is 0 Å². The molecule has 2 aromatic rings. The third-order valence-corrected chi connectivity index (χ3v) is 6.79. The fraction of sp³-hybridized carbons (Fsp3) is 0.619. The number of rotatable bonds is 6. The maximum atomic E-state index is 13.2. The number of carbonyl (C=O) groups excluding carboxylic acids is 2. The Morgan fingerprint density at radius 3 is 2.76 bits per heavy atom. The molecule has 0 bridgehead atoms. The van der Waals surface area contributed by atoms with E-state index in [-0.39, 0.29) is 29.1 Å². The number of hydrogen-bond donors (Lipinski definition) is 1. The molecular weight excluding hydrogens is 370 g/mol. The third-order valence-electron chi connectivity index (χ3n) is 6.79. The highest BCUT2D eigenvalue weighted by Crippen LogP contribution is 2.45. The number of oxazole rings is 1. The van der Waals surface area contributed by atoms with Crippen LogP contribution in [-0.2, 0) is 11.8 Å². The van der Waals surface area contributed by atoms with Crippen LogP contribution in [0.3, 0.4) is 0 Å². The molecule has 0 radical (unpaired) electrons. The van der Waals surface area contributed by atoms with E-state index in [0.717, 1.165) is 37.1 Å². The molecule has 3 heterocycles. The zero-order valence-corrected chi connectivity index (χ0v) is 16.9. The van der Waals surface area contributed by atoms with E-state index in [1.54, 1.807) is 6.33 Å². The van der Waals surface area contributed by atoms with Gasteiger partial charge in [-0.2, -0.15) is 0 Å². The first-order valence-corrected chi connectivity index (χ1v) is 10.4. The zero-order chi connectivity index (χ0) is 20.2. The summed E-state index contributed by atoms with van der Waals surface area (Å²) in [6, 6.07) is 0. The predicted molar refractivity (Wildman–Crippen MR) is 104 cm³/mol. The Morgan fingerprint density at radius 2 is 2.10 bits per heavy atom. The SMILES string of the molecule is Cn1cncc1[C@@H]1CN(C(=O)c2ocnc2C2CC2)C[C@H]1CNC(=O)C1(C)CC1. The first-order chi connectivity index (χ1) is 14.0. The van der Waals surface area contributed by atoms with Crippen molar-refractivity contribution in [1.82, 2.24) is 24.8 Å². The van der Waals surface area contributed by atoms with E-state index < -0.39 is 0 Å². The summed E-state index contributed by atoms with van der Waals surface area (Å²) in [6.07, 6.45) is 9.06. The molecule has 2 aliphatic carbocycles. The number of aromatic nitrogens is 3. The highest BCUT2D eigenvalue weighted by molar-refractivity contribution is 5.93. The van der Waals surface area contributed by atoms with Crippen molar-refractivity contribution < 1.29 is 14.0 Å². The van der Waals surface area contributed by atoms with Crippen LogP contribution in [-0.4, -0.2) is 50.9 Å². The second-order valence-electron chi connectivity index (χ2n) is 9.12. The van der Waals surface area contributed by atoms with Crippen LogP contribution in [0.4, 0.5) is 0 Å². The van der Waals surface area contributed by atoms with Crippen molar-refractivity contribution in [2.45, 2.75) is 44.4 Å². The number of amides is 2. The second-order valence-corrected chi connectivity index (χ2v) is 9.12. The number of nitrogens with zero attached hydrogens (tertiary/aromatic N) is 4. The van der Waals surface area contributed by atoms with Gasteiger partial charge in [0.2, 0.25) is 11.7 Å². The van der Waals surface area contributed by atoms with Gasteiger partial charge in [0.1, 0.15) is 0 Å². The molecule has 5 rings (SSSR count). The molecule has 29 heavy (non-hydrogen) atoms. The molecular formula is C21H27N5O3. The summed E-state index contributed by atoms with van der Waals surface area (Å²) in [5.41, 5.74) is 1.68. The Labute approximate surface area is 169 Å². The lowest BCUT2D eigenvalue weighted by atomic mass is 9.92.